The van der Waals surface area contributed by atoms with E-state index in [4.69, 9.17) is 9.97 Å². The van der Waals surface area contributed by atoms with E-state index in [1.54, 1.807) is 12.1 Å². The van der Waals surface area contributed by atoms with Crippen LogP contribution in [0.5, 0.6) is 0 Å². The van der Waals surface area contributed by atoms with Crippen LogP contribution in [0, 0.1) is 5.82 Å². The van der Waals surface area contributed by atoms with Gasteiger partial charge in [-0.2, -0.15) is 0 Å². The highest BCUT2D eigenvalue weighted by Crippen LogP contribution is 2.33. The summed E-state index contributed by atoms with van der Waals surface area (Å²) in [6.07, 6.45) is 5.35. The van der Waals surface area contributed by atoms with E-state index in [9.17, 15) is 9.18 Å². The Balaban J connectivity index is 1.50. The van der Waals surface area contributed by atoms with Crippen LogP contribution < -0.4 is 5.32 Å². The maximum atomic E-state index is 13.8. The lowest BCUT2D eigenvalue weighted by atomic mass is 9.91. The second-order valence-electron chi connectivity index (χ2n) is 8.15. The summed E-state index contributed by atoms with van der Waals surface area (Å²) in [5.41, 5.74) is 5.82. The maximum absolute atomic E-state index is 13.8. The lowest BCUT2D eigenvalue weighted by molar-refractivity contribution is -0.115. The molecule has 1 aliphatic rings. The highest BCUT2D eigenvalue weighted by atomic mass is 79.9. The molecule has 4 aromatic rings. The van der Waals surface area contributed by atoms with Crippen LogP contribution in [0.15, 0.2) is 77.3 Å². The molecule has 0 saturated heterocycles. The molecular weight excluding hydrogens is 493 g/mol. The quantitative estimate of drug-likeness (QED) is 0.331. The predicted octanol–water partition coefficient (Wildman–Crippen LogP) is 6.50. The van der Waals surface area contributed by atoms with Gasteiger partial charge in [-0.15, -0.1) is 0 Å². The summed E-state index contributed by atoms with van der Waals surface area (Å²) in [4.78, 5) is 22.5. The first-order valence-electron chi connectivity index (χ1n) is 11.0. The average molecular weight is 514 g/mol. The summed E-state index contributed by atoms with van der Waals surface area (Å²) in [6.45, 7) is 0. The molecule has 0 unspecified atom stereocenters. The lowest BCUT2D eigenvalue weighted by Gasteiger charge is -2.20. The van der Waals surface area contributed by atoms with Crippen molar-refractivity contribution in [3.63, 3.8) is 0 Å². The molecule has 0 bridgehead atoms. The number of rotatable bonds is 5. The molecule has 0 aliphatic heterocycles. The molecule has 0 spiro atoms. The number of anilines is 1. The zero-order valence-electron chi connectivity index (χ0n) is 18.3. The summed E-state index contributed by atoms with van der Waals surface area (Å²) >= 11 is 3.41. The van der Waals surface area contributed by atoms with E-state index < -0.39 is 0 Å². The van der Waals surface area contributed by atoms with Gasteiger partial charge < -0.3 is 5.32 Å². The Morgan fingerprint density at radius 1 is 0.971 bits per heavy atom. The van der Waals surface area contributed by atoms with Crippen molar-refractivity contribution in [3.8, 4) is 11.3 Å². The predicted molar refractivity (Wildman–Crippen MR) is 137 cm³/mol. The summed E-state index contributed by atoms with van der Waals surface area (Å²) in [5, 5.41) is 2.96. The van der Waals surface area contributed by atoms with Crippen molar-refractivity contribution in [2.75, 3.05) is 5.32 Å². The molecule has 1 amide bonds. The Morgan fingerprint density at radius 2 is 1.76 bits per heavy atom. The number of hydrogen-bond donors (Lipinski definition) is 1. The molecule has 168 valence electrons. The van der Waals surface area contributed by atoms with Gasteiger partial charge in [-0.1, -0.05) is 64.5 Å². The van der Waals surface area contributed by atoms with Crippen LogP contribution in [0.4, 0.5) is 10.2 Å². The minimum absolute atomic E-state index is 0.163. The molecule has 6 heteroatoms. The van der Waals surface area contributed by atoms with E-state index in [1.165, 1.54) is 6.07 Å². The maximum Gasteiger partial charge on any atom is 0.230 e. The van der Waals surface area contributed by atoms with Gasteiger partial charge in [0.2, 0.25) is 5.91 Å². The normalized spacial score (nSPS) is 12.3. The molecule has 3 aromatic carbocycles. The van der Waals surface area contributed by atoms with Crippen LogP contribution >= 0.6 is 15.9 Å². The minimum Gasteiger partial charge on any atom is -0.309 e. The minimum atomic E-state index is -0.254. The van der Waals surface area contributed by atoms with Crippen LogP contribution in [-0.2, 0) is 24.1 Å². The zero-order chi connectivity index (χ0) is 23.5. The molecule has 5 rings (SSSR count). The summed E-state index contributed by atoms with van der Waals surface area (Å²) < 4.78 is 14.7. The number of nitrogens with one attached hydrogen (secondary N) is 1. The van der Waals surface area contributed by atoms with Crippen LogP contribution in [0.3, 0.4) is 0 Å². The van der Waals surface area contributed by atoms with Gasteiger partial charge in [0, 0.05) is 10.0 Å². The first-order chi connectivity index (χ1) is 16.5. The molecule has 1 aliphatic carbocycles. The molecule has 1 N–H and O–H groups in total. The number of halogens is 2. The topological polar surface area (TPSA) is 54.9 Å². The van der Waals surface area contributed by atoms with Gasteiger partial charge in [0.15, 0.2) is 5.82 Å². The van der Waals surface area contributed by atoms with Crippen molar-refractivity contribution < 1.29 is 9.18 Å². The summed E-state index contributed by atoms with van der Waals surface area (Å²) in [5.74, 6) is 0.0130. The number of hydrogen-bond acceptors (Lipinski definition) is 3. The van der Waals surface area contributed by atoms with Gasteiger partial charge in [0.1, 0.15) is 11.5 Å². The molecule has 0 radical (unpaired) electrons. The van der Waals surface area contributed by atoms with Crippen LogP contribution in [0.1, 0.15) is 28.1 Å². The van der Waals surface area contributed by atoms with Gasteiger partial charge >= 0.3 is 0 Å². The summed E-state index contributed by atoms with van der Waals surface area (Å²) in [7, 11) is 0. The molecule has 1 heterocycles. The highest BCUT2D eigenvalue weighted by Gasteiger charge is 2.22. The first kappa shape index (κ1) is 22.2. The molecule has 0 saturated carbocycles. The molecule has 0 atom stereocenters. The standard InChI is InChI=1S/C28H21BrFN3O/c29-21-10-6-19(7-11-21)16-26(34)33-28-25(14-8-18-4-2-1-3-5-18)31-27-23-13-12-22(30)17-20(23)9-15-24(27)32-28/h1-8,10-14,17H,9,15-16H2,(H,32,33,34). The second kappa shape index (κ2) is 9.69. The Morgan fingerprint density at radius 3 is 2.56 bits per heavy atom. The van der Waals surface area contributed by atoms with E-state index in [1.807, 2.05) is 66.7 Å². The van der Waals surface area contributed by atoms with E-state index in [-0.39, 0.29) is 18.1 Å². The zero-order valence-corrected chi connectivity index (χ0v) is 19.8. The van der Waals surface area contributed by atoms with Crippen molar-refractivity contribution in [2.24, 2.45) is 0 Å². The van der Waals surface area contributed by atoms with E-state index in [0.717, 1.165) is 38.1 Å². The monoisotopic (exact) mass is 513 g/mol. The van der Waals surface area contributed by atoms with Crippen molar-refractivity contribution in [1.82, 2.24) is 9.97 Å². The fourth-order valence-electron chi connectivity index (χ4n) is 4.04. The molecule has 1 aromatic heterocycles. The van der Waals surface area contributed by atoms with Crippen molar-refractivity contribution in [3.05, 3.63) is 111 Å². The molecule has 4 nitrogen and oxygen atoms in total. The summed E-state index contributed by atoms with van der Waals surface area (Å²) in [6, 6.07) is 22.3. The Kier molecular flexibility index (Phi) is 6.32. The van der Waals surface area contributed by atoms with Gasteiger partial charge in [-0.3, -0.25) is 4.79 Å². The first-order valence-corrected chi connectivity index (χ1v) is 11.8. The van der Waals surface area contributed by atoms with Crippen LogP contribution in [-0.4, -0.2) is 15.9 Å². The number of benzene rings is 3. The molecular formula is C28H21BrFN3O. The van der Waals surface area contributed by atoms with Crippen molar-refractivity contribution in [2.45, 2.75) is 19.3 Å². The number of aryl methyl sites for hydroxylation is 2. The Hall–Kier alpha value is -3.64. The number of fused-ring (bicyclic) bond motifs is 3. The third kappa shape index (κ3) is 4.97. The molecule has 0 fully saturated rings. The van der Waals surface area contributed by atoms with Crippen LogP contribution in [0.2, 0.25) is 0 Å². The van der Waals surface area contributed by atoms with E-state index >= 15 is 0 Å². The fourth-order valence-corrected chi connectivity index (χ4v) is 4.30. The van der Waals surface area contributed by atoms with Gasteiger partial charge in [-0.05, 0) is 65.9 Å². The third-order valence-corrected chi connectivity index (χ3v) is 6.25. The van der Waals surface area contributed by atoms with E-state index in [0.29, 0.717) is 24.4 Å². The van der Waals surface area contributed by atoms with Gasteiger partial charge in [-0.25, -0.2) is 14.4 Å². The van der Waals surface area contributed by atoms with Gasteiger partial charge in [0.25, 0.3) is 0 Å². The number of aromatic nitrogens is 2. The average Bonchev–Trinajstić information content (AvgIpc) is 2.84. The van der Waals surface area contributed by atoms with Crippen molar-refractivity contribution >= 4 is 39.8 Å². The highest BCUT2D eigenvalue weighted by molar-refractivity contribution is 9.10. The van der Waals surface area contributed by atoms with E-state index in [2.05, 4.69) is 21.2 Å². The number of amides is 1. The fraction of sp³-hybridized carbons (Fsp3) is 0.107. The number of carbonyl (C=O) groups is 1. The third-order valence-electron chi connectivity index (χ3n) is 5.72. The lowest BCUT2D eigenvalue weighted by Crippen LogP contribution is -2.19. The molecule has 34 heavy (non-hydrogen) atoms. The smallest absolute Gasteiger partial charge is 0.230 e. The second-order valence-corrected chi connectivity index (χ2v) is 9.07. The Bertz CT molecular complexity index is 1390. The largest absolute Gasteiger partial charge is 0.309 e. The van der Waals surface area contributed by atoms with Gasteiger partial charge in [0.05, 0.1) is 17.8 Å². The number of nitrogens with zero attached hydrogens (tertiary/aromatic N) is 2. The Labute approximate surface area is 205 Å². The SMILES string of the molecule is O=C(Cc1ccc(Br)cc1)Nc1nc2c(nc1C=Cc1ccccc1)-c1ccc(F)cc1CC2. The van der Waals surface area contributed by atoms with Crippen molar-refractivity contribution in [1.29, 1.82) is 0 Å². The number of carbonyl (C=O) groups excluding carboxylic acids is 1. The van der Waals surface area contributed by atoms with Crippen LogP contribution in [0.25, 0.3) is 23.4 Å².